The first-order valence-electron chi connectivity index (χ1n) is 4.73. The molecule has 0 amide bonds. The highest BCUT2D eigenvalue weighted by Crippen LogP contribution is 2.30. The third-order valence-electron chi connectivity index (χ3n) is 2.78. The SMILES string of the molecule is CN1CCCC1c1ccc(I)cc1. The van der Waals surface area contributed by atoms with Crippen molar-refractivity contribution in [2.45, 2.75) is 18.9 Å². The lowest BCUT2D eigenvalue weighted by molar-refractivity contribution is 0.317. The van der Waals surface area contributed by atoms with Crippen molar-refractivity contribution in [3.8, 4) is 0 Å². The van der Waals surface area contributed by atoms with Crippen molar-refractivity contribution in [1.29, 1.82) is 0 Å². The topological polar surface area (TPSA) is 3.24 Å². The van der Waals surface area contributed by atoms with Gasteiger partial charge in [-0.2, -0.15) is 0 Å². The summed E-state index contributed by atoms with van der Waals surface area (Å²) in [6.07, 6.45) is 2.66. The smallest absolute Gasteiger partial charge is 0.0345 e. The molecule has 0 N–H and O–H groups in total. The fraction of sp³-hybridized carbons (Fsp3) is 0.455. The van der Waals surface area contributed by atoms with Gasteiger partial charge in [-0.15, -0.1) is 0 Å². The predicted octanol–water partition coefficient (Wildman–Crippen LogP) is 3.06. The highest BCUT2D eigenvalue weighted by molar-refractivity contribution is 14.1. The van der Waals surface area contributed by atoms with Gasteiger partial charge in [0.25, 0.3) is 0 Å². The fourth-order valence-corrected chi connectivity index (χ4v) is 2.38. The number of hydrogen-bond donors (Lipinski definition) is 0. The van der Waals surface area contributed by atoms with Crippen LogP contribution < -0.4 is 0 Å². The molecular formula is C11H14IN. The van der Waals surface area contributed by atoms with Gasteiger partial charge in [0.15, 0.2) is 0 Å². The first-order chi connectivity index (χ1) is 6.27. The van der Waals surface area contributed by atoms with Crippen molar-refractivity contribution in [3.63, 3.8) is 0 Å². The zero-order valence-corrected chi connectivity index (χ0v) is 9.99. The summed E-state index contributed by atoms with van der Waals surface area (Å²) in [6.45, 7) is 1.25. The Kier molecular flexibility index (Phi) is 2.89. The second-order valence-electron chi connectivity index (χ2n) is 3.69. The van der Waals surface area contributed by atoms with Crippen LogP contribution >= 0.6 is 22.6 Å². The minimum atomic E-state index is 0.664. The van der Waals surface area contributed by atoms with Gasteiger partial charge in [0.2, 0.25) is 0 Å². The van der Waals surface area contributed by atoms with Crippen molar-refractivity contribution in [2.24, 2.45) is 0 Å². The highest BCUT2D eigenvalue weighted by Gasteiger charge is 2.21. The lowest BCUT2D eigenvalue weighted by Gasteiger charge is -2.19. The number of benzene rings is 1. The van der Waals surface area contributed by atoms with E-state index in [1.807, 2.05) is 0 Å². The molecule has 0 saturated carbocycles. The molecule has 1 unspecified atom stereocenters. The van der Waals surface area contributed by atoms with Gasteiger partial charge in [0.05, 0.1) is 0 Å². The molecular weight excluding hydrogens is 273 g/mol. The van der Waals surface area contributed by atoms with E-state index in [1.165, 1.54) is 28.5 Å². The molecule has 1 aliphatic rings. The van der Waals surface area contributed by atoms with Gasteiger partial charge in [0.1, 0.15) is 0 Å². The predicted molar refractivity (Wildman–Crippen MR) is 63.8 cm³/mol. The van der Waals surface area contributed by atoms with E-state index in [1.54, 1.807) is 0 Å². The summed E-state index contributed by atoms with van der Waals surface area (Å²) >= 11 is 2.35. The maximum Gasteiger partial charge on any atom is 0.0345 e. The molecule has 2 heteroatoms. The first kappa shape index (κ1) is 9.46. The Morgan fingerprint density at radius 3 is 2.54 bits per heavy atom. The Morgan fingerprint density at radius 2 is 2.00 bits per heavy atom. The number of halogens is 1. The largest absolute Gasteiger partial charge is 0.299 e. The zero-order valence-electron chi connectivity index (χ0n) is 7.83. The van der Waals surface area contributed by atoms with Crippen molar-refractivity contribution < 1.29 is 0 Å². The van der Waals surface area contributed by atoms with Crippen LogP contribution in [0.1, 0.15) is 24.4 Å². The van der Waals surface area contributed by atoms with Crippen LogP contribution in [-0.4, -0.2) is 18.5 Å². The van der Waals surface area contributed by atoms with E-state index in [0.717, 1.165) is 0 Å². The molecule has 0 aliphatic carbocycles. The quantitative estimate of drug-likeness (QED) is 0.718. The molecule has 2 rings (SSSR count). The Hall–Kier alpha value is -0.0900. The summed E-state index contributed by atoms with van der Waals surface area (Å²) < 4.78 is 1.32. The normalized spacial score (nSPS) is 23.7. The standard InChI is InChI=1S/C11H14IN/c1-13-8-2-3-11(13)9-4-6-10(12)7-5-9/h4-7,11H,2-3,8H2,1H3. The molecule has 0 aromatic heterocycles. The van der Waals surface area contributed by atoms with Gasteiger partial charge in [-0.25, -0.2) is 0 Å². The highest BCUT2D eigenvalue weighted by atomic mass is 127. The molecule has 1 aromatic rings. The van der Waals surface area contributed by atoms with Crippen molar-refractivity contribution >= 4 is 22.6 Å². The van der Waals surface area contributed by atoms with E-state index in [9.17, 15) is 0 Å². The number of likely N-dealkylation sites (tertiary alicyclic amines) is 1. The minimum absolute atomic E-state index is 0.664. The Balaban J connectivity index is 2.20. The summed E-state index contributed by atoms with van der Waals surface area (Å²) in [5.74, 6) is 0. The summed E-state index contributed by atoms with van der Waals surface area (Å²) in [4.78, 5) is 2.45. The molecule has 0 bridgehead atoms. The monoisotopic (exact) mass is 287 g/mol. The van der Waals surface area contributed by atoms with Gasteiger partial charge in [-0.05, 0) is 66.7 Å². The second kappa shape index (κ2) is 3.96. The average molecular weight is 287 g/mol. The van der Waals surface area contributed by atoms with Crippen LogP contribution in [-0.2, 0) is 0 Å². The van der Waals surface area contributed by atoms with Gasteiger partial charge >= 0.3 is 0 Å². The van der Waals surface area contributed by atoms with Gasteiger partial charge in [-0.3, -0.25) is 4.90 Å². The van der Waals surface area contributed by atoms with Crippen molar-refractivity contribution in [2.75, 3.05) is 13.6 Å². The number of rotatable bonds is 1. The first-order valence-corrected chi connectivity index (χ1v) is 5.81. The molecule has 1 saturated heterocycles. The average Bonchev–Trinajstić information content (AvgIpc) is 2.53. The third-order valence-corrected chi connectivity index (χ3v) is 3.49. The maximum atomic E-state index is 2.45. The minimum Gasteiger partial charge on any atom is -0.299 e. The molecule has 0 radical (unpaired) electrons. The van der Waals surface area contributed by atoms with Crippen LogP contribution in [0.15, 0.2) is 24.3 Å². The molecule has 13 heavy (non-hydrogen) atoms. The van der Waals surface area contributed by atoms with Gasteiger partial charge in [-0.1, -0.05) is 12.1 Å². The van der Waals surface area contributed by atoms with E-state index in [2.05, 4.69) is 58.8 Å². The number of hydrogen-bond acceptors (Lipinski definition) is 1. The van der Waals surface area contributed by atoms with E-state index in [0.29, 0.717) is 6.04 Å². The number of nitrogens with zero attached hydrogens (tertiary/aromatic N) is 1. The Labute approximate surface area is 93.3 Å². The molecule has 1 aromatic carbocycles. The molecule has 1 fully saturated rings. The lowest BCUT2D eigenvalue weighted by Crippen LogP contribution is -2.17. The van der Waals surface area contributed by atoms with Crippen LogP contribution in [0.4, 0.5) is 0 Å². The molecule has 70 valence electrons. The lowest BCUT2D eigenvalue weighted by atomic mass is 10.1. The molecule has 1 atom stereocenters. The maximum absolute atomic E-state index is 2.45. The third kappa shape index (κ3) is 2.05. The van der Waals surface area contributed by atoms with Crippen LogP contribution in [0, 0.1) is 3.57 Å². The van der Waals surface area contributed by atoms with E-state index in [-0.39, 0.29) is 0 Å². The van der Waals surface area contributed by atoms with Crippen molar-refractivity contribution in [1.82, 2.24) is 4.90 Å². The van der Waals surface area contributed by atoms with Crippen LogP contribution in [0.25, 0.3) is 0 Å². The van der Waals surface area contributed by atoms with E-state index >= 15 is 0 Å². The van der Waals surface area contributed by atoms with E-state index in [4.69, 9.17) is 0 Å². The fourth-order valence-electron chi connectivity index (χ4n) is 2.02. The Morgan fingerprint density at radius 1 is 1.31 bits per heavy atom. The zero-order chi connectivity index (χ0) is 9.26. The second-order valence-corrected chi connectivity index (χ2v) is 4.94. The van der Waals surface area contributed by atoms with E-state index < -0.39 is 0 Å². The van der Waals surface area contributed by atoms with Gasteiger partial charge in [0, 0.05) is 9.61 Å². The summed E-state index contributed by atoms with van der Waals surface area (Å²) in [5, 5.41) is 0. The summed E-state index contributed by atoms with van der Waals surface area (Å²) in [6, 6.07) is 9.57. The molecule has 1 heterocycles. The molecule has 1 nitrogen and oxygen atoms in total. The van der Waals surface area contributed by atoms with Gasteiger partial charge < -0.3 is 0 Å². The summed E-state index contributed by atoms with van der Waals surface area (Å²) in [5.41, 5.74) is 1.47. The molecule has 1 aliphatic heterocycles. The summed E-state index contributed by atoms with van der Waals surface area (Å²) in [7, 11) is 2.22. The Bertz CT molecular complexity index is 281. The van der Waals surface area contributed by atoms with Crippen LogP contribution in [0.5, 0.6) is 0 Å². The van der Waals surface area contributed by atoms with Crippen LogP contribution in [0.3, 0.4) is 0 Å². The van der Waals surface area contributed by atoms with Crippen LogP contribution in [0.2, 0.25) is 0 Å². The molecule has 0 spiro atoms. The van der Waals surface area contributed by atoms with Crippen molar-refractivity contribution in [3.05, 3.63) is 33.4 Å².